The molecule has 6 heteroatoms. The molecule has 186 valence electrons. The predicted octanol–water partition coefficient (Wildman–Crippen LogP) is 5.82. The number of nitrogens with zero attached hydrogens (tertiary/aromatic N) is 2. The zero-order valence-electron chi connectivity index (χ0n) is 20.7. The van der Waals surface area contributed by atoms with E-state index in [1.54, 1.807) is 0 Å². The van der Waals surface area contributed by atoms with Crippen LogP contribution in [0.5, 0.6) is 0 Å². The zero-order chi connectivity index (χ0) is 25.5. The van der Waals surface area contributed by atoms with Gasteiger partial charge in [-0.2, -0.15) is 0 Å². The zero-order valence-corrected chi connectivity index (χ0v) is 20.7. The first-order valence-electron chi connectivity index (χ1n) is 12.8. The highest BCUT2D eigenvalue weighted by atomic mass is 16.2. The number of imide groups is 2. The molecule has 0 aliphatic carbocycles. The molecule has 6 nitrogen and oxygen atoms in total. The van der Waals surface area contributed by atoms with Crippen LogP contribution in [0.4, 0.5) is 11.4 Å². The van der Waals surface area contributed by atoms with Gasteiger partial charge in [-0.05, 0) is 41.8 Å². The second-order valence-electron chi connectivity index (χ2n) is 9.34. The van der Waals surface area contributed by atoms with E-state index in [9.17, 15) is 19.2 Å². The Morgan fingerprint density at radius 2 is 0.889 bits per heavy atom. The first-order chi connectivity index (χ1) is 17.5. The maximum absolute atomic E-state index is 12.0. The Morgan fingerprint density at radius 3 is 1.28 bits per heavy atom. The van der Waals surface area contributed by atoms with Crippen LogP contribution in [0.1, 0.15) is 75.3 Å². The minimum absolute atomic E-state index is 0.120. The van der Waals surface area contributed by atoms with Crippen molar-refractivity contribution in [1.82, 2.24) is 0 Å². The Labute approximate surface area is 212 Å². The molecule has 0 unspecified atom stereocenters. The Hall–Kier alpha value is -3.80. The Kier molecular flexibility index (Phi) is 8.26. The van der Waals surface area contributed by atoms with Gasteiger partial charge in [-0.3, -0.25) is 19.2 Å². The van der Waals surface area contributed by atoms with Crippen LogP contribution in [0.15, 0.2) is 72.8 Å². The van der Waals surface area contributed by atoms with Gasteiger partial charge in [0.25, 0.3) is 23.6 Å². The maximum atomic E-state index is 12.0. The highest BCUT2D eigenvalue weighted by Gasteiger charge is 2.27. The van der Waals surface area contributed by atoms with E-state index in [1.165, 1.54) is 72.6 Å². The molecule has 36 heavy (non-hydrogen) atoms. The number of hydrogen-bond donors (Lipinski definition) is 0. The molecule has 0 saturated carbocycles. The number of unbranched alkanes of at least 4 members (excludes halogenated alkanes) is 6. The van der Waals surface area contributed by atoms with Crippen LogP contribution >= 0.6 is 0 Å². The van der Waals surface area contributed by atoms with E-state index in [1.807, 2.05) is 48.5 Å². The molecule has 2 aromatic carbocycles. The first-order valence-corrected chi connectivity index (χ1v) is 12.8. The van der Waals surface area contributed by atoms with Crippen LogP contribution < -0.4 is 9.80 Å². The molecule has 0 bridgehead atoms. The molecule has 0 N–H and O–H groups in total. The molecule has 4 amide bonds. The summed E-state index contributed by atoms with van der Waals surface area (Å²) >= 11 is 0. The topological polar surface area (TPSA) is 74.8 Å². The van der Waals surface area contributed by atoms with Crippen LogP contribution in [0.2, 0.25) is 0 Å². The van der Waals surface area contributed by atoms with Crippen molar-refractivity contribution in [2.45, 2.75) is 64.2 Å². The fourth-order valence-electron chi connectivity index (χ4n) is 4.85. The molecule has 4 rings (SSSR count). The van der Waals surface area contributed by atoms with Crippen molar-refractivity contribution < 1.29 is 19.2 Å². The molecule has 0 aromatic heterocycles. The number of rotatable bonds is 12. The van der Waals surface area contributed by atoms with E-state index in [0.717, 1.165) is 24.0 Å². The summed E-state index contributed by atoms with van der Waals surface area (Å²) in [4.78, 5) is 50.5. The predicted molar refractivity (Wildman–Crippen MR) is 141 cm³/mol. The van der Waals surface area contributed by atoms with Crippen molar-refractivity contribution in [3.8, 4) is 0 Å². The number of hydrogen-bond acceptors (Lipinski definition) is 4. The lowest BCUT2D eigenvalue weighted by molar-refractivity contribution is -0.121. The lowest BCUT2D eigenvalue weighted by atomic mass is 9.86. The molecule has 2 aliphatic heterocycles. The smallest absolute Gasteiger partial charge is 0.258 e. The second kappa shape index (κ2) is 11.8. The monoisotopic (exact) mass is 484 g/mol. The second-order valence-corrected chi connectivity index (χ2v) is 9.34. The summed E-state index contributed by atoms with van der Waals surface area (Å²) in [6, 6.07) is 15.2. The van der Waals surface area contributed by atoms with Gasteiger partial charge in [0.05, 0.1) is 11.4 Å². The number of amides is 4. The van der Waals surface area contributed by atoms with Crippen molar-refractivity contribution in [3.05, 3.63) is 84.0 Å². The van der Waals surface area contributed by atoms with Gasteiger partial charge in [0, 0.05) is 30.2 Å². The highest BCUT2D eigenvalue weighted by molar-refractivity contribution is 6.28. The number of anilines is 2. The quantitative estimate of drug-likeness (QED) is 0.281. The van der Waals surface area contributed by atoms with Gasteiger partial charge in [0.15, 0.2) is 0 Å². The molecule has 0 saturated heterocycles. The van der Waals surface area contributed by atoms with E-state index in [4.69, 9.17) is 0 Å². The first kappa shape index (κ1) is 25.3. The van der Waals surface area contributed by atoms with Gasteiger partial charge < -0.3 is 0 Å². The van der Waals surface area contributed by atoms with Crippen LogP contribution in [0.3, 0.4) is 0 Å². The van der Waals surface area contributed by atoms with E-state index < -0.39 is 0 Å². The van der Waals surface area contributed by atoms with E-state index >= 15 is 0 Å². The van der Waals surface area contributed by atoms with Gasteiger partial charge in [0.2, 0.25) is 0 Å². The Bertz CT molecular complexity index is 1060. The molecule has 0 atom stereocenters. The summed E-state index contributed by atoms with van der Waals surface area (Å²) in [5.41, 5.74) is 3.31. The van der Waals surface area contributed by atoms with E-state index in [2.05, 4.69) is 6.92 Å². The minimum atomic E-state index is -0.330. The van der Waals surface area contributed by atoms with Crippen molar-refractivity contribution in [3.63, 3.8) is 0 Å². The third-order valence-electron chi connectivity index (χ3n) is 6.82. The third-order valence-corrected chi connectivity index (χ3v) is 6.82. The largest absolute Gasteiger partial charge is 0.269 e. The highest BCUT2D eigenvalue weighted by Crippen LogP contribution is 2.33. The summed E-state index contributed by atoms with van der Waals surface area (Å²) in [6.45, 7) is 2.22. The molecule has 2 aliphatic rings. The summed E-state index contributed by atoms with van der Waals surface area (Å²) in [6.07, 6.45) is 14.6. The molecule has 2 heterocycles. The average Bonchev–Trinajstić information content (AvgIpc) is 3.41. The van der Waals surface area contributed by atoms with Crippen LogP contribution in [0, 0.1) is 0 Å². The molecule has 2 aromatic rings. The maximum Gasteiger partial charge on any atom is 0.258 e. The standard InChI is InChI=1S/C30H32N2O4/c1-2-3-4-5-6-7-8-9-26(22-10-14-24(15-11-22)31-27(33)18-19-28(31)34)23-12-16-25(17-13-23)32-29(35)20-21-30(32)36/h10-21,26H,2-9H2,1H3. The Balaban J connectivity index is 1.50. The van der Waals surface area contributed by atoms with Crippen molar-refractivity contribution >= 4 is 35.0 Å². The lowest BCUT2D eigenvalue weighted by Gasteiger charge is -2.21. The minimum Gasteiger partial charge on any atom is -0.269 e. The van der Waals surface area contributed by atoms with E-state index in [0.29, 0.717) is 11.4 Å². The lowest BCUT2D eigenvalue weighted by Crippen LogP contribution is -2.29. The molecule has 0 spiro atoms. The molecular formula is C30H32N2O4. The number of benzene rings is 2. The molecule has 0 fully saturated rings. The summed E-state index contributed by atoms with van der Waals surface area (Å²) < 4.78 is 0. The summed E-state index contributed by atoms with van der Waals surface area (Å²) in [5, 5.41) is 0. The summed E-state index contributed by atoms with van der Waals surface area (Å²) in [7, 11) is 0. The third kappa shape index (κ3) is 5.70. The van der Waals surface area contributed by atoms with Gasteiger partial charge in [-0.25, -0.2) is 9.80 Å². The van der Waals surface area contributed by atoms with Gasteiger partial charge in [-0.15, -0.1) is 0 Å². The number of carbonyl (C=O) groups excluding carboxylic acids is 4. The van der Waals surface area contributed by atoms with E-state index in [-0.39, 0.29) is 29.5 Å². The van der Waals surface area contributed by atoms with Gasteiger partial charge >= 0.3 is 0 Å². The van der Waals surface area contributed by atoms with Crippen LogP contribution in [0.25, 0.3) is 0 Å². The summed E-state index contributed by atoms with van der Waals surface area (Å²) in [5.74, 6) is -1.20. The number of carbonyl (C=O) groups is 4. The fraction of sp³-hybridized carbons (Fsp3) is 0.333. The van der Waals surface area contributed by atoms with Gasteiger partial charge in [0.1, 0.15) is 0 Å². The van der Waals surface area contributed by atoms with Gasteiger partial charge in [-0.1, -0.05) is 76.1 Å². The van der Waals surface area contributed by atoms with Crippen molar-refractivity contribution in [1.29, 1.82) is 0 Å². The molecule has 0 radical (unpaired) electrons. The van der Waals surface area contributed by atoms with Crippen LogP contribution in [-0.2, 0) is 19.2 Å². The van der Waals surface area contributed by atoms with Crippen molar-refractivity contribution in [2.24, 2.45) is 0 Å². The fourth-order valence-corrected chi connectivity index (χ4v) is 4.85. The molecular weight excluding hydrogens is 452 g/mol. The Morgan fingerprint density at radius 1 is 0.528 bits per heavy atom. The average molecular weight is 485 g/mol. The normalized spacial score (nSPS) is 15.3. The SMILES string of the molecule is CCCCCCCCCC(c1ccc(N2C(=O)C=CC2=O)cc1)c1ccc(N2C(=O)C=CC2=O)cc1. The van der Waals surface area contributed by atoms with Crippen molar-refractivity contribution in [2.75, 3.05) is 9.80 Å². The van der Waals surface area contributed by atoms with Crippen LogP contribution in [-0.4, -0.2) is 23.6 Å².